The van der Waals surface area contributed by atoms with E-state index >= 15 is 0 Å². The lowest BCUT2D eigenvalue weighted by Crippen LogP contribution is -2.36. The van der Waals surface area contributed by atoms with Gasteiger partial charge in [-0.05, 0) is 24.0 Å². The SMILES string of the molecule is CC(C)CN(CC(C)C)C(=O)c1ccc(C#CCCO)s1. The zero-order chi connectivity index (χ0) is 15.8. The van der Waals surface area contributed by atoms with Crippen LogP contribution in [0.3, 0.4) is 0 Å². The Kier molecular flexibility index (Phi) is 7.49. The summed E-state index contributed by atoms with van der Waals surface area (Å²) in [6, 6.07) is 3.73. The Bertz CT molecular complexity index is 498. The summed E-state index contributed by atoms with van der Waals surface area (Å²) in [5.74, 6) is 6.87. The summed E-state index contributed by atoms with van der Waals surface area (Å²) in [5.41, 5.74) is 0. The van der Waals surface area contributed by atoms with Crippen molar-refractivity contribution < 1.29 is 9.90 Å². The minimum atomic E-state index is 0.0702. The lowest BCUT2D eigenvalue weighted by Gasteiger charge is -2.25. The van der Waals surface area contributed by atoms with E-state index in [1.54, 1.807) is 0 Å². The highest BCUT2D eigenvalue weighted by atomic mass is 32.1. The number of thiophene rings is 1. The molecule has 1 amide bonds. The number of rotatable bonds is 6. The second kappa shape index (κ2) is 8.86. The number of aliphatic hydroxyl groups excluding tert-OH is 1. The smallest absolute Gasteiger partial charge is 0.263 e. The van der Waals surface area contributed by atoms with E-state index in [2.05, 4.69) is 39.5 Å². The van der Waals surface area contributed by atoms with Gasteiger partial charge in [-0.2, -0.15) is 0 Å². The maximum atomic E-state index is 12.6. The average Bonchev–Trinajstić information content (AvgIpc) is 2.85. The van der Waals surface area contributed by atoms with Crippen molar-refractivity contribution in [2.75, 3.05) is 19.7 Å². The number of carbonyl (C=O) groups excluding carboxylic acids is 1. The summed E-state index contributed by atoms with van der Waals surface area (Å²) in [6.07, 6.45) is 0.466. The van der Waals surface area contributed by atoms with E-state index < -0.39 is 0 Å². The molecule has 0 aliphatic rings. The van der Waals surface area contributed by atoms with Gasteiger partial charge in [0, 0.05) is 19.5 Å². The Hall–Kier alpha value is -1.31. The Labute approximate surface area is 132 Å². The van der Waals surface area contributed by atoms with Gasteiger partial charge in [-0.15, -0.1) is 11.3 Å². The minimum Gasteiger partial charge on any atom is -0.395 e. The Balaban J connectivity index is 2.81. The van der Waals surface area contributed by atoms with E-state index in [9.17, 15) is 4.79 Å². The number of aliphatic hydroxyl groups is 1. The van der Waals surface area contributed by atoms with Crippen LogP contribution in [0.5, 0.6) is 0 Å². The third-order valence-electron chi connectivity index (χ3n) is 2.72. The van der Waals surface area contributed by atoms with E-state index in [0.717, 1.165) is 22.8 Å². The van der Waals surface area contributed by atoms with Gasteiger partial charge in [0.25, 0.3) is 5.91 Å². The first-order valence-corrected chi connectivity index (χ1v) is 8.24. The summed E-state index contributed by atoms with van der Waals surface area (Å²) in [7, 11) is 0. The third kappa shape index (κ3) is 6.33. The van der Waals surface area contributed by atoms with Crippen LogP contribution in [-0.4, -0.2) is 35.6 Å². The molecule has 0 saturated carbocycles. The molecule has 0 aliphatic heterocycles. The molecule has 0 saturated heterocycles. The van der Waals surface area contributed by atoms with Crippen molar-refractivity contribution in [1.82, 2.24) is 4.90 Å². The summed E-state index contributed by atoms with van der Waals surface area (Å²) < 4.78 is 0. The van der Waals surface area contributed by atoms with Gasteiger partial charge in [-0.3, -0.25) is 4.79 Å². The maximum Gasteiger partial charge on any atom is 0.263 e. The first kappa shape index (κ1) is 17.7. The largest absolute Gasteiger partial charge is 0.395 e. The molecule has 0 unspecified atom stereocenters. The van der Waals surface area contributed by atoms with Crippen LogP contribution in [0, 0.1) is 23.7 Å². The molecule has 1 N–H and O–H groups in total. The molecule has 1 heterocycles. The van der Waals surface area contributed by atoms with Gasteiger partial charge >= 0.3 is 0 Å². The lowest BCUT2D eigenvalue weighted by molar-refractivity contribution is 0.0720. The van der Waals surface area contributed by atoms with Crippen molar-refractivity contribution in [3.8, 4) is 11.8 Å². The van der Waals surface area contributed by atoms with E-state index in [4.69, 9.17) is 5.11 Å². The van der Waals surface area contributed by atoms with Crippen LogP contribution in [0.2, 0.25) is 0 Å². The van der Waals surface area contributed by atoms with Gasteiger partial charge in [0.1, 0.15) is 0 Å². The van der Waals surface area contributed by atoms with E-state index in [1.165, 1.54) is 11.3 Å². The monoisotopic (exact) mass is 307 g/mol. The van der Waals surface area contributed by atoms with Crippen molar-refractivity contribution >= 4 is 17.2 Å². The molecule has 0 atom stereocenters. The average molecular weight is 307 g/mol. The summed E-state index contributed by atoms with van der Waals surface area (Å²) in [6.45, 7) is 10.1. The molecule has 116 valence electrons. The van der Waals surface area contributed by atoms with E-state index in [1.807, 2.05) is 17.0 Å². The Morgan fingerprint density at radius 3 is 2.38 bits per heavy atom. The van der Waals surface area contributed by atoms with Crippen molar-refractivity contribution in [2.45, 2.75) is 34.1 Å². The van der Waals surface area contributed by atoms with Gasteiger partial charge in [-0.25, -0.2) is 0 Å². The van der Waals surface area contributed by atoms with Crippen molar-refractivity contribution in [1.29, 1.82) is 0 Å². The quantitative estimate of drug-likeness (QED) is 0.820. The molecule has 21 heavy (non-hydrogen) atoms. The number of nitrogens with zero attached hydrogens (tertiary/aromatic N) is 1. The second-order valence-corrected chi connectivity index (χ2v) is 7.02. The fourth-order valence-corrected chi connectivity index (χ4v) is 2.85. The Morgan fingerprint density at radius 1 is 1.24 bits per heavy atom. The fourth-order valence-electron chi connectivity index (χ4n) is 2.00. The zero-order valence-electron chi connectivity index (χ0n) is 13.3. The third-order valence-corrected chi connectivity index (χ3v) is 3.71. The maximum absolute atomic E-state index is 12.6. The lowest BCUT2D eigenvalue weighted by atomic mass is 10.1. The molecule has 4 heteroatoms. The molecule has 0 aliphatic carbocycles. The van der Waals surface area contributed by atoms with Gasteiger partial charge < -0.3 is 10.0 Å². The van der Waals surface area contributed by atoms with Crippen molar-refractivity contribution in [3.63, 3.8) is 0 Å². The normalized spacial score (nSPS) is 10.6. The van der Waals surface area contributed by atoms with Crippen LogP contribution in [-0.2, 0) is 0 Å². The number of carbonyl (C=O) groups is 1. The van der Waals surface area contributed by atoms with E-state index in [-0.39, 0.29) is 12.5 Å². The molecular formula is C17H25NO2S. The molecular weight excluding hydrogens is 282 g/mol. The minimum absolute atomic E-state index is 0.0702. The summed E-state index contributed by atoms with van der Waals surface area (Å²) >= 11 is 1.43. The molecule has 0 bridgehead atoms. The van der Waals surface area contributed by atoms with Crippen LogP contribution in [0.1, 0.15) is 48.7 Å². The summed E-state index contributed by atoms with van der Waals surface area (Å²) in [5, 5.41) is 8.72. The molecule has 0 aromatic carbocycles. The molecule has 1 rings (SSSR count). The highest BCUT2D eigenvalue weighted by Crippen LogP contribution is 2.19. The molecule has 0 spiro atoms. The zero-order valence-corrected chi connectivity index (χ0v) is 14.2. The first-order chi connectivity index (χ1) is 9.93. The molecule has 1 aromatic rings. The molecule has 0 radical (unpaired) electrons. The fraction of sp³-hybridized carbons (Fsp3) is 0.588. The summed E-state index contributed by atoms with van der Waals surface area (Å²) in [4.78, 5) is 16.2. The van der Waals surface area contributed by atoms with Gasteiger partial charge in [0.2, 0.25) is 0 Å². The number of hydrogen-bond acceptors (Lipinski definition) is 3. The van der Waals surface area contributed by atoms with E-state index in [0.29, 0.717) is 18.3 Å². The van der Waals surface area contributed by atoms with Crippen LogP contribution < -0.4 is 0 Å². The first-order valence-electron chi connectivity index (χ1n) is 7.42. The van der Waals surface area contributed by atoms with Gasteiger partial charge in [0.15, 0.2) is 0 Å². The van der Waals surface area contributed by atoms with Crippen LogP contribution in [0.15, 0.2) is 12.1 Å². The number of hydrogen-bond donors (Lipinski definition) is 1. The topological polar surface area (TPSA) is 40.5 Å². The molecule has 1 aromatic heterocycles. The van der Waals surface area contributed by atoms with Crippen molar-refractivity contribution in [2.24, 2.45) is 11.8 Å². The number of amides is 1. The highest BCUT2D eigenvalue weighted by molar-refractivity contribution is 7.14. The van der Waals surface area contributed by atoms with Crippen LogP contribution in [0.4, 0.5) is 0 Å². The molecule has 3 nitrogen and oxygen atoms in total. The second-order valence-electron chi connectivity index (χ2n) is 5.94. The Morgan fingerprint density at radius 2 is 1.86 bits per heavy atom. The van der Waals surface area contributed by atoms with Gasteiger partial charge in [0.05, 0.1) is 16.4 Å². The van der Waals surface area contributed by atoms with Gasteiger partial charge in [-0.1, -0.05) is 39.5 Å². The standard InChI is InChI=1S/C17H25NO2S/c1-13(2)11-18(12-14(3)4)17(20)16-9-8-15(21-16)7-5-6-10-19/h8-9,13-14,19H,6,10-12H2,1-4H3. The van der Waals surface area contributed by atoms with Crippen LogP contribution >= 0.6 is 11.3 Å². The van der Waals surface area contributed by atoms with Crippen molar-refractivity contribution in [3.05, 3.63) is 21.9 Å². The molecule has 0 fully saturated rings. The predicted molar refractivity (Wildman–Crippen MR) is 88.5 cm³/mol. The van der Waals surface area contributed by atoms with Crippen LogP contribution in [0.25, 0.3) is 0 Å². The predicted octanol–water partition coefficient (Wildman–Crippen LogP) is 3.24. The highest BCUT2D eigenvalue weighted by Gasteiger charge is 2.19.